The van der Waals surface area contributed by atoms with Crippen LogP contribution in [0.15, 0.2) is 60.7 Å². The van der Waals surface area contributed by atoms with Crippen molar-refractivity contribution in [3.63, 3.8) is 0 Å². The van der Waals surface area contributed by atoms with Crippen LogP contribution < -0.4 is 30.3 Å². The van der Waals surface area contributed by atoms with Gasteiger partial charge in [0.15, 0.2) is 11.5 Å². The summed E-state index contributed by atoms with van der Waals surface area (Å²) in [6.45, 7) is 5.27. The molecule has 0 aromatic heterocycles. The predicted molar refractivity (Wildman–Crippen MR) is 140 cm³/mol. The fraction of sp³-hybridized carbons (Fsp3) is 0.286. The molecule has 2 aliphatic rings. The molecule has 5 rings (SSSR count). The van der Waals surface area contributed by atoms with Crippen LogP contribution in [0.2, 0.25) is 0 Å². The Hall–Kier alpha value is -4.20. The average molecular weight is 487 g/mol. The van der Waals surface area contributed by atoms with Gasteiger partial charge in [0.1, 0.15) is 13.2 Å². The molecule has 3 aromatic carbocycles. The highest BCUT2D eigenvalue weighted by atomic mass is 16.6. The molecule has 3 N–H and O–H groups in total. The van der Waals surface area contributed by atoms with E-state index in [-0.39, 0.29) is 5.91 Å². The van der Waals surface area contributed by atoms with E-state index < -0.39 is 6.03 Å². The summed E-state index contributed by atoms with van der Waals surface area (Å²) >= 11 is 0. The van der Waals surface area contributed by atoms with E-state index in [2.05, 4.69) is 20.9 Å². The molecular weight excluding hydrogens is 456 g/mol. The maximum absolute atomic E-state index is 12.9. The lowest BCUT2D eigenvalue weighted by atomic mass is 10.1. The van der Waals surface area contributed by atoms with E-state index in [4.69, 9.17) is 9.47 Å². The minimum atomic E-state index is -0.399. The first-order chi connectivity index (χ1) is 17.5. The maximum atomic E-state index is 12.9. The van der Waals surface area contributed by atoms with E-state index in [1.54, 1.807) is 24.3 Å². The van der Waals surface area contributed by atoms with Crippen molar-refractivity contribution in [1.29, 1.82) is 0 Å². The molecular formula is C28H30N4O4. The molecule has 0 bridgehead atoms. The van der Waals surface area contributed by atoms with Gasteiger partial charge < -0.3 is 30.3 Å². The monoisotopic (exact) mass is 486 g/mol. The number of ether oxygens (including phenoxy) is 2. The highest BCUT2D eigenvalue weighted by Gasteiger charge is 2.20. The van der Waals surface area contributed by atoms with Crippen molar-refractivity contribution >= 4 is 29.0 Å². The van der Waals surface area contributed by atoms with E-state index in [0.717, 1.165) is 37.2 Å². The lowest BCUT2D eigenvalue weighted by Gasteiger charge is -2.23. The van der Waals surface area contributed by atoms with Gasteiger partial charge in [0, 0.05) is 37.0 Å². The van der Waals surface area contributed by atoms with E-state index >= 15 is 0 Å². The van der Waals surface area contributed by atoms with Crippen molar-refractivity contribution in [3.05, 3.63) is 77.4 Å². The number of carbonyl (C=O) groups is 2. The maximum Gasteiger partial charge on any atom is 0.323 e. The molecule has 8 nitrogen and oxygen atoms in total. The standard InChI is InChI=1S/C28H30N4O4/c1-19-4-6-20(7-5-19)18-29-27(33)21-8-10-24(32-12-2-3-13-32)23(16-21)31-28(34)30-22-9-11-25-26(17-22)36-15-14-35-25/h4-11,16-17H,2-3,12-15,18H2,1H3,(H,29,33)(H2,30,31,34). The van der Waals surface area contributed by atoms with Crippen LogP contribution in [0.25, 0.3) is 0 Å². The summed E-state index contributed by atoms with van der Waals surface area (Å²) in [5, 5.41) is 8.77. The van der Waals surface area contributed by atoms with E-state index in [1.807, 2.05) is 43.3 Å². The van der Waals surface area contributed by atoms with E-state index in [0.29, 0.717) is 48.2 Å². The van der Waals surface area contributed by atoms with Gasteiger partial charge in [-0.2, -0.15) is 0 Å². The van der Waals surface area contributed by atoms with E-state index in [1.165, 1.54) is 5.56 Å². The number of benzene rings is 3. The van der Waals surface area contributed by atoms with Crippen molar-refractivity contribution in [2.24, 2.45) is 0 Å². The number of urea groups is 1. The van der Waals surface area contributed by atoms with Gasteiger partial charge in [0.05, 0.1) is 11.4 Å². The Morgan fingerprint density at radius 3 is 2.39 bits per heavy atom. The minimum Gasteiger partial charge on any atom is -0.486 e. The van der Waals surface area contributed by atoms with Crippen molar-refractivity contribution in [2.45, 2.75) is 26.3 Å². The zero-order valence-corrected chi connectivity index (χ0v) is 20.3. The quantitative estimate of drug-likeness (QED) is 0.459. The second kappa shape index (κ2) is 10.6. The SMILES string of the molecule is Cc1ccc(CNC(=O)c2ccc(N3CCCC3)c(NC(=O)Nc3ccc4c(c3)OCCO4)c2)cc1. The molecule has 36 heavy (non-hydrogen) atoms. The average Bonchev–Trinajstić information content (AvgIpc) is 3.43. The molecule has 3 aromatic rings. The third-order valence-electron chi connectivity index (χ3n) is 6.33. The van der Waals surface area contributed by atoms with Crippen LogP contribution in [0.4, 0.5) is 21.9 Å². The molecule has 2 aliphatic heterocycles. The first-order valence-electron chi connectivity index (χ1n) is 12.3. The Morgan fingerprint density at radius 2 is 1.61 bits per heavy atom. The molecule has 1 saturated heterocycles. The van der Waals surface area contributed by atoms with Crippen LogP contribution in [0.1, 0.15) is 34.3 Å². The van der Waals surface area contributed by atoms with Crippen molar-refractivity contribution in [2.75, 3.05) is 41.8 Å². The molecule has 0 radical (unpaired) electrons. The van der Waals surface area contributed by atoms with Crippen LogP contribution in [-0.4, -0.2) is 38.2 Å². The van der Waals surface area contributed by atoms with Crippen LogP contribution >= 0.6 is 0 Å². The van der Waals surface area contributed by atoms with Crippen molar-refractivity contribution < 1.29 is 19.1 Å². The summed E-state index contributed by atoms with van der Waals surface area (Å²) in [4.78, 5) is 28.1. The van der Waals surface area contributed by atoms with Gasteiger partial charge in [0.2, 0.25) is 0 Å². The van der Waals surface area contributed by atoms with Gasteiger partial charge in [-0.15, -0.1) is 0 Å². The number of anilines is 3. The van der Waals surface area contributed by atoms with Gasteiger partial charge in [-0.1, -0.05) is 29.8 Å². The summed E-state index contributed by atoms with van der Waals surface area (Å²) in [6, 6.07) is 18.4. The smallest absolute Gasteiger partial charge is 0.323 e. The number of nitrogens with zero attached hydrogens (tertiary/aromatic N) is 1. The second-order valence-electron chi connectivity index (χ2n) is 9.03. The zero-order valence-electron chi connectivity index (χ0n) is 20.3. The first-order valence-corrected chi connectivity index (χ1v) is 12.3. The second-order valence-corrected chi connectivity index (χ2v) is 9.03. The van der Waals surface area contributed by atoms with Crippen LogP contribution in [0, 0.1) is 6.92 Å². The number of hydrogen-bond acceptors (Lipinski definition) is 5. The van der Waals surface area contributed by atoms with Crippen LogP contribution in [0.5, 0.6) is 11.5 Å². The van der Waals surface area contributed by atoms with Crippen LogP contribution in [-0.2, 0) is 6.54 Å². The molecule has 1 fully saturated rings. The molecule has 3 amide bonds. The lowest BCUT2D eigenvalue weighted by molar-refractivity contribution is 0.0951. The Labute approximate surface area is 210 Å². The number of hydrogen-bond donors (Lipinski definition) is 3. The summed E-state index contributed by atoms with van der Waals surface area (Å²) in [5.74, 6) is 1.07. The van der Waals surface area contributed by atoms with Gasteiger partial charge in [0.25, 0.3) is 5.91 Å². The topological polar surface area (TPSA) is 91.9 Å². The van der Waals surface area contributed by atoms with Crippen LogP contribution in [0.3, 0.4) is 0 Å². The summed E-state index contributed by atoms with van der Waals surface area (Å²) in [7, 11) is 0. The summed E-state index contributed by atoms with van der Waals surface area (Å²) in [6.07, 6.45) is 2.20. The molecule has 2 heterocycles. The number of amides is 3. The predicted octanol–water partition coefficient (Wildman–Crippen LogP) is 4.94. The summed E-state index contributed by atoms with van der Waals surface area (Å²) < 4.78 is 11.1. The molecule has 0 aliphatic carbocycles. The number of carbonyl (C=O) groups excluding carboxylic acids is 2. The largest absolute Gasteiger partial charge is 0.486 e. The fourth-order valence-electron chi connectivity index (χ4n) is 4.41. The third-order valence-corrected chi connectivity index (χ3v) is 6.33. The van der Waals surface area contributed by atoms with Gasteiger partial charge in [-0.05, 0) is 55.7 Å². The molecule has 0 spiro atoms. The Morgan fingerprint density at radius 1 is 0.861 bits per heavy atom. The van der Waals surface area contributed by atoms with Gasteiger partial charge >= 0.3 is 6.03 Å². The Bertz CT molecular complexity index is 1250. The fourth-order valence-corrected chi connectivity index (χ4v) is 4.41. The number of rotatable bonds is 6. The molecule has 8 heteroatoms. The number of aryl methyl sites for hydroxylation is 1. The lowest BCUT2D eigenvalue weighted by Crippen LogP contribution is -2.26. The molecule has 186 valence electrons. The number of fused-ring (bicyclic) bond motifs is 1. The minimum absolute atomic E-state index is 0.196. The third kappa shape index (κ3) is 5.54. The molecule has 0 atom stereocenters. The van der Waals surface area contributed by atoms with Crippen molar-refractivity contribution in [1.82, 2.24) is 5.32 Å². The first kappa shape index (κ1) is 23.5. The Kier molecular flexibility index (Phi) is 6.93. The molecule has 0 unspecified atom stereocenters. The normalized spacial score (nSPS) is 14.3. The Balaban J connectivity index is 1.31. The van der Waals surface area contributed by atoms with Crippen molar-refractivity contribution in [3.8, 4) is 11.5 Å². The zero-order chi connectivity index (χ0) is 24.9. The van der Waals surface area contributed by atoms with Gasteiger partial charge in [-0.3, -0.25) is 4.79 Å². The highest BCUT2D eigenvalue weighted by Crippen LogP contribution is 2.33. The van der Waals surface area contributed by atoms with Gasteiger partial charge in [-0.25, -0.2) is 4.79 Å². The summed E-state index contributed by atoms with van der Waals surface area (Å²) in [5.41, 5.74) is 4.77. The highest BCUT2D eigenvalue weighted by molar-refractivity contribution is 6.04. The van der Waals surface area contributed by atoms with E-state index in [9.17, 15) is 9.59 Å². The molecule has 0 saturated carbocycles. The number of nitrogens with one attached hydrogen (secondary N) is 3.